The maximum absolute atomic E-state index is 10.2. The van der Waals surface area contributed by atoms with E-state index in [0.29, 0.717) is 30.3 Å². The molecule has 5 nitrogen and oxygen atoms in total. The first-order valence-corrected chi connectivity index (χ1v) is 7.02. The molecule has 3 rings (SSSR count). The average molecular weight is 302 g/mol. The van der Waals surface area contributed by atoms with E-state index in [2.05, 4.69) is 0 Å². The van der Waals surface area contributed by atoms with Crippen molar-refractivity contribution in [3.05, 3.63) is 41.5 Å². The second-order valence-electron chi connectivity index (χ2n) is 5.24. The fraction of sp³-hybridized carbons (Fsp3) is 0.294. The molecule has 116 valence electrons. The topological polar surface area (TPSA) is 68.2 Å². The highest BCUT2D eigenvalue weighted by Gasteiger charge is 2.27. The van der Waals surface area contributed by atoms with E-state index < -0.39 is 0 Å². The first kappa shape index (κ1) is 14.4. The first-order valence-electron chi connectivity index (χ1n) is 7.02. The molecule has 0 fully saturated rings. The van der Waals surface area contributed by atoms with E-state index in [1.54, 1.807) is 19.2 Å². The molecule has 1 aliphatic rings. The van der Waals surface area contributed by atoms with E-state index in [0.717, 1.165) is 11.1 Å². The summed E-state index contributed by atoms with van der Waals surface area (Å²) >= 11 is 0. The number of benzene rings is 2. The molecule has 2 aromatic carbocycles. The number of rotatable bonds is 3. The van der Waals surface area contributed by atoms with Crippen LogP contribution in [-0.4, -0.2) is 31.0 Å². The highest BCUT2D eigenvalue weighted by molar-refractivity contribution is 5.56. The van der Waals surface area contributed by atoms with Crippen molar-refractivity contribution in [2.45, 2.75) is 12.3 Å². The second kappa shape index (κ2) is 5.67. The molecule has 1 heterocycles. The molecule has 0 saturated carbocycles. The Morgan fingerprint density at radius 3 is 2.59 bits per heavy atom. The average Bonchev–Trinajstić information content (AvgIpc) is 2.54. The SMILES string of the molecule is COc1ccc(C2COc3c(ccc(OC)c3O)C2)c(O)c1. The van der Waals surface area contributed by atoms with Gasteiger partial charge in [-0.2, -0.15) is 0 Å². The number of hydrogen-bond donors (Lipinski definition) is 2. The molecule has 0 bridgehead atoms. The van der Waals surface area contributed by atoms with E-state index in [9.17, 15) is 10.2 Å². The molecular weight excluding hydrogens is 284 g/mol. The third kappa shape index (κ3) is 2.39. The number of ether oxygens (including phenoxy) is 3. The number of phenolic OH excluding ortho intramolecular Hbond substituents is 2. The Kier molecular flexibility index (Phi) is 3.71. The van der Waals surface area contributed by atoms with Gasteiger partial charge in [0.25, 0.3) is 0 Å². The normalized spacial score (nSPS) is 16.5. The standard InChI is InChI=1S/C17H18O5/c1-20-12-4-5-13(14(18)8-12)11-7-10-3-6-15(21-2)16(19)17(10)22-9-11/h3-6,8,11,18-19H,7,9H2,1-2H3. The van der Waals surface area contributed by atoms with Gasteiger partial charge in [0.05, 0.1) is 20.8 Å². The molecule has 0 aliphatic carbocycles. The lowest BCUT2D eigenvalue weighted by Crippen LogP contribution is -2.19. The molecule has 22 heavy (non-hydrogen) atoms. The van der Waals surface area contributed by atoms with Crippen LogP contribution in [-0.2, 0) is 6.42 Å². The van der Waals surface area contributed by atoms with Crippen molar-refractivity contribution >= 4 is 0 Å². The Bertz CT molecular complexity index is 696. The van der Waals surface area contributed by atoms with E-state index >= 15 is 0 Å². The first-order chi connectivity index (χ1) is 10.6. The number of methoxy groups -OCH3 is 2. The summed E-state index contributed by atoms with van der Waals surface area (Å²) in [7, 11) is 3.06. The van der Waals surface area contributed by atoms with Gasteiger partial charge in [-0.05, 0) is 24.1 Å². The fourth-order valence-corrected chi connectivity index (χ4v) is 2.79. The lowest BCUT2D eigenvalue weighted by molar-refractivity contribution is 0.243. The van der Waals surface area contributed by atoms with Crippen molar-refractivity contribution < 1.29 is 24.4 Å². The third-order valence-electron chi connectivity index (χ3n) is 3.97. The van der Waals surface area contributed by atoms with Gasteiger partial charge in [0.15, 0.2) is 11.5 Å². The van der Waals surface area contributed by atoms with Crippen molar-refractivity contribution in [1.29, 1.82) is 0 Å². The van der Waals surface area contributed by atoms with Crippen LogP contribution in [0.3, 0.4) is 0 Å². The summed E-state index contributed by atoms with van der Waals surface area (Å²) in [4.78, 5) is 0. The van der Waals surface area contributed by atoms with Crippen molar-refractivity contribution in [3.8, 4) is 28.7 Å². The van der Waals surface area contributed by atoms with Crippen LogP contribution in [0.1, 0.15) is 17.0 Å². The highest BCUT2D eigenvalue weighted by atomic mass is 16.5. The number of hydrogen-bond acceptors (Lipinski definition) is 5. The zero-order valence-electron chi connectivity index (χ0n) is 12.5. The Balaban J connectivity index is 1.90. The van der Waals surface area contributed by atoms with Gasteiger partial charge in [0.2, 0.25) is 5.75 Å². The molecule has 2 N–H and O–H groups in total. The minimum Gasteiger partial charge on any atom is -0.508 e. The van der Waals surface area contributed by atoms with Gasteiger partial charge >= 0.3 is 0 Å². The smallest absolute Gasteiger partial charge is 0.201 e. The molecule has 0 amide bonds. The minimum absolute atomic E-state index is 0.0196. The predicted molar refractivity (Wildman–Crippen MR) is 81.3 cm³/mol. The van der Waals surface area contributed by atoms with Crippen molar-refractivity contribution in [2.75, 3.05) is 20.8 Å². The van der Waals surface area contributed by atoms with Gasteiger partial charge in [0.1, 0.15) is 11.5 Å². The van der Waals surface area contributed by atoms with Crippen LogP contribution < -0.4 is 14.2 Å². The molecule has 1 atom stereocenters. The van der Waals surface area contributed by atoms with Gasteiger partial charge < -0.3 is 24.4 Å². The third-order valence-corrected chi connectivity index (χ3v) is 3.97. The fourth-order valence-electron chi connectivity index (χ4n) is 2.79. The maximum atomic E-state index is 10.2. The van der Waals surface area contributed by atoms with Crippen molar-refractivity contribution in [1.82, 2.24) is 0 Å². The lowest BCUT2D eigenvalue weighted by atomic mass is 9.89. The highest BCUT2D eigenvalue weighted by Crippen LogP contribution is 2.44. The van der Waals surface area contributed by atoms with Crippen LogP contribution in [0, 0.1) is 0 Å². The maximum Gasteiger partial charge on any atom is 0.201 e. The Labute approximate surface area is 128 Å². The van der Waals surface area contributed by atoms with Gasteiger partial charge in [-0.1, -0.05) is 12.1 Å². The lowest BCUT2D eigenvalue weighted by Gasteiger charge is -2.27. The van der Waals surface area contributed by atoms with E-state index in [1.165, 1.54) is 7.11 Å². The van der Waals surface area contributed by atoms with Gasteiger partial charge in [-0.15, -0.1) is 0 Å². The monoisotopic (exact) mass is 302 g/mol. The summed E-state index contributed by atoms with van der Waals surface area (Å²) in [5, 5.41) is 20.3. The molecule has 0 radical (unpaired) electrons. The molecule has 0 aromatic heterocycles. The van der Waals surface area contributed by atoms with Crippen LogP contribution in [0.4, 0.5) is 0 Å². The Morgan fingerprint density at radius 1 is 1.09 bits per heavy atom. The Morgan fingerprint density at radius 2 is 1.91 bits per heavy atom. The van der Waals surface area contributed by atoms with Gasteiger partial charge in [-0.3, -0.25) is 0 Å². The minimum atomic E-state index is 0.0196. The molecule has 2 aromatic rings. The molecule has 0 spiro atoms. The van der Waals surface area contributed by atoms with Crippen LogP contribution in [0.2, 0.25) is 0 Å². The van der Waals surface area contributed by atoms with E-state index in [1.807, 2.05) is 18.2 Å². The summed E-state index contributed by atoms with van der Waals surface area (Å²) in [5.41, 5.74) is 1.70. The van der Waals surface area contributed by atoms with Crippen molar-refractivity contribution in [2.24, 2.45) is 0 Å². The molecule has 1 aliphatic heterocycles. The predicted octanol–water partition coefficient (Wildman–Crippen LogP) is 2.83. The number of aromatic hydroxyl groups is 2. The van der Waals surface area contributed by atoms with Crippen LogP contribution in [0.25, 0.3) is 0 Å². The molecule has 5 heteroatoms. The summed E-state index contributed by atoms with van der Waals surface area (Å²) in [6, 6.07) is 8.84. The van der Waals surface area contributed by atoms with E-state index in [4.69, 9.17) is 14.2 Å². The van der Waals surface area contributed by atoms with Crippen molar-refractivity contribution in [3.63, 3.8) is 0 Å². The van der Waals surface area contributed by atoms with Crippen LogP contribution in [0.5, 0.6) is 28.7 Å². The summed E-state index contributed by atoms with van der Waals surface area (Å²) in [6.07, 6.45) is 0.673. The molecule has 1 unspecified atom stereocenters. The van der Waals surface area contributed by atoms with E-state index in [-0.39, 0.29) is 17.4 Å². The quantitative estimate of drug-likeness (QED) is 0.912. The van der Waals surface area contributed by atoms with Crippen LogP contribution >= 0.6 is 0 Å². The molecular formula is C17H18O5. The summed E-state index contributed by atoms with van der Waals surface area (Å²) in [5.74, 6) is 1.70. The second-order valence-corrected chi connectivity index (χ2v) is 5.24. The summed E-state index contributed by atoms with van der Waals surface area (Å²) < 4.78 is 15.9. The largest absolute Gasteiger partial charge is 0.508 e. The zero-order valence-corrected chi connectivity index (χ0v) is 12.5. The van der Waals surface area contributed by atoms with Crippen LogP contribution in [0.15, 0.2) is 30.3 Å². The number of phenols is 2. The van der Waals surface area contributed by atoms with Gasteiger partial charge in [0, 0.05) is 17.5 Å². The zero-order chi connectivity index (χ0) is 15.7. The Hall–Kier alpha value is -2.56. The van der Waals surface area contributed by atoms with Gasteiger partial charge in [-0.25, -0.2) is 0 Å². The number of fused-ring (bicyclic) bond motifs is 1. The summed E-state index contributed by atoms with van der Waals surface area (Å²) in [6.45, 7) is 0.383. The molecule has 0 saturated heterocycles.